The number of carbonyl (C=O) groups is 1. The summed E-state index contributed by atoms with van der Waals surface area (Å²) in [4.78, 5) is 20.7. The van der Waals surface area contributed by atoms with Gasteiger partial charge in [-0.05, 0) is 46.2 Å². The van der Waals surface area contributed by atoms with E-state index in [9.17, 15) is 9.90 Å². The van der Waals surface area contributed by atoms with Gasteiger partial charge in [0.2, 0.25) is 0 Å². The van der Waals surface area contributed by atoms with Crippen LogP contribution in [-0.4, -0.2) is 53.2 Å². The van der Waals surface area contributed by atoms with Gasteiger partial charge in [0.1, 0.15) is 5.56 Å². The molecule has 5 heteroatoms. The standard InChI is InChI=1S/C16H23N3O2/c1-10-8-14(15(16(20)21)11(2)17-10)19-7-6-12-4-5-13(9-19)18(12)3/h8,12-13H,4-7,9H2,1-3H3,(H,20,21). The van der Waals surface area contributed by atoms with E-state index in [0.717, 1.165) is 30.9 Å². The number of rotatable bonds is 2. The number of carboxylic acids is 1. The average Bonchev–Trinajstić information content (AvgIpc) is 2.61. The number of hydrogen-bond donors (Lipinski definition) is 1. The molecule has 2 bridgehead atoms. The Morgan fingerprint density at radius 3 is 2.71 bits per heavy atom. The van der Waals surface area contributed by atoms with E-state index in [1.54, 1.807) is 6.92 Å². The Hall–Kier alpha value is -1.62. The normalized spacial score (nSPS) is 26.0. The highest BCUT2D eigenvalue weighted by Crippen LogP contribution is 2.32. The molecule has 0 amide bonds. The van der Waals surface area contributed by atoms with Gasteiger partial charge in [-0.25, -0.2) is 4.79 Å². The molecule has 1 N–H and O–H groups in total. The van der Waals surface area contributed by atoms with Crippen molar-refractivity contribution in [3.8, 4) is 0 Å². The fourth-order valence-electron chi connectivity index (χ4n) is 3.85. The topological polar surface area (TPSA) is 56.7 Å². The van der Waals surface area contributed by atoms with Crippen LogP contribution >= 0.6 is 0 Å². The first kappa shape index (κ1) is 14.3. The molecule has 0 saturated carbocycles. The van der Waals surface area contributed by atoms with Gasteiger partial charge in [0.25, 0.3) is 0 Å². The third-order valence-electron chi connectivity index (χ3n) is 5.01. The van der Waals surface area contributed by atoms with Gasteiger partial charge in [0.15, 0.2) is 0 Å². The number of aromatic nitrogens is 1. The Morgan fingerprint density at radius 2 is 2.00 bits per heavy atom. The summed E-state index contributed by atoms with van der Waals surface area (Å²) >= 11 is 0. The minimum Gasteiger partial charge on any atom is -0.478 e. The van der Waals surface area contributed by atoms with Crippen molar-refractivity contribution < 1.29 is 9.90 Å². The SMILES string of the molecule is Cc1cc(N2CCC3CCC(C2)N3C)c(C(=O)O)c(C)n1. The number of nitrogens with zero attached hydrogens (tertiary/aromatic N) is 3. The highest BCUT2D eigenvalue weighted by molar-refractivity contribution is 5.95. The van der Waals surface area contributed by atoms with Gasteiger partial charge >= 0.3 is 5.97 Å². The summed E-state index contributed by atoms with van der Waals surface area (Å²) in [6.45, 7) is 5.55. The van der Waals surface area contributed by atoms with Gasteiger partial charge in [0, 0.05) is 30.9 Å². The lowest BCUT2D eigenvalue weighted by molar-refractivity contribution is 0.0696. The number of aromatic carboxylic acids is 1. The first-order valence-electron chi connectivity index (χ1n) is 7.65. The molecular formula is C16H23N3O2. The first-order chi connectivity index (χ1) is 9.97. The number of likely N-dealkylation sites (N-methyl/N-ethyl adjacent to an activating group) is 1. The summed E-state index contributed by atoms with van der Waals surface area (Å²) in [6, 6.07) is 3.11. The van der Waals surface area contributed by atoms with Gasteiger partial charge in [-0.2, -0.15) is 0 Å². The summed E-state index contributed by atoms with van der Waals surface area (Å²) in [5.41, 5.74) is 2.70. The predicted molar refractivity (Wildman–Crippen MR) is 82.1 cm³/mol. The summed E-state index contributed by atoms with van der Waals surface area (Å²) in [7, 11) is 2.20. The van der Waals surface area contributed by atoms with Crippen LogP contribution in [0.3, 0.4) is 0 Å². The maximum Gasteiger partial charge on any atom is 0.339 e. The number of anilines is 1. The Balaban J connectivity index is 1.98. The fraction of sp³-hybridized carbons (Fsp3) is 0.625. The van der Waals surface area contributed by atoms with E-state index in [4.69, 9.17) is 0 Å². The van der Waals surface area contributed by atoms with Gasteiger partial charge < -0.3 is 10.0 Å². The molecule has 114 valence electrons. The van der Waals surface area contributed by atoms with Crippen LogP contribution in [0.1, 0.15) is 41.0 Å². The molecule has 0 spiro atoms. The summed E-state index contributed by atoms with van der Waals surface area (Å²) in [5, 5.41) is 9.55. The molecule has 2 fully saturated rings. The molecular weight excluding hydrogens is 266 g/mol. The maximum absolute atomic E-state index is 11.6. The molecule has 2 aliphatic rings. The van der Waals surface area contributed by atoms with Gasteiger partial charge in [0.05, 0.1) is 11.4 Å². The van der Waals surface area contributed by atoms with Crippen LogP contribution in [0.5, 0.6) is 0 Å². The molecule has 0 aliphatic carbocycles. The smallest absolute Gasteiger partial charge is 0.339 e. The van der Waals surface area contributed by atoms with E-state index in [1.165, 1.54) is 12.8 Å². The van der Waals surface area contributed by atoms with Gasteiger partial charge in [-0.15, -0.1) is 0 Å². The van der Waals surface area contributed by atoms with Crippen LogP contribution in [0.25, 0.3) is 0 Å². The minimum absolute atomic E-state index is 0.362. The Morgan fingerprint density at radius 1 is 1.29 bits per heavy atom. The first-order valence-corrected chi connectivity index (χ1v) is 7.65. The highest BCUT2D eigenvalue weighted by Gasteiger charge is 2.35. The predicted octanol–water partition coefficient (Wildman–Crippen LogP) is 2.07. The Kier molecular flexibility index (Phi) is 3.61. The molecule has 3 rings (SSSR count). The number of fused-ring (bicyclic) bond motifs is 2. The van der Waals surface area contributed by atoms with Crippen molar-refractivity contribution in [1.82, 2.24) is 9.88 Å². The molecule has 2 unspecified atom stereocenters. The van der Waals surface area contributed by atoms with E-state index in [2.05, 4.69) is 21.8 Å². The van der Waals surface area contributed by atoms with Crippen molar-refractivity contribution in [3.05, 3.63) is 23.0 Å². The Bertz CT molecular complexity index is 573. The zero-order chi connectivity index (χ0) is 15.1. The van der Waals surface area contributed by atoms with E-state index in [0.29, 0.717) is 23.3 Å². The maximum atomic E-state index is 11.6. The largest absolute Gasteiger partial charge is 0.478 e. The van der Waals surface area contributed by atoms with E-state index < -0.39 is 5.97 Å². The Labute approximate surface area is 125 Å². The molecule has 1 aromatic heterocycles. The second-order valence-electron chi connectivity index (χ2n) is 6.33. The molecule has 5 nitrogen and oxygen atoms in total. The van der Waals surface area contributed by atoms with Crippen molar-refractivity contribution in [2.45, 2.75) is 45.2 Å². The molecule has 2 saturated heterocycles. The molecule has 2 atom stereocenters. The van der Waals surface area contributed by atoms with Crippen LogP contribution in [0, 0.1) is 13.8 Å². The summed E-state index contributed by atoms with van der Waals surface area (Å²) in [5.74, 6) is -0.877. The lowest BCUT2D eigenvalue weighted by Gasteiger charge is -2.29. The average molecular weight is 289 g/mol. The van der Waals surface area contributed by atoms with Gasteiger partial charge in [-0.1, -0.05) is 0 Å². The monoisotopic (exact) mass is 289 g/mol. The van der Waals surface area contributed by atoms with Crippen LogP contribution in [0.2, 0.25) is 0 Å². The van der Waals surface area contributed by atoms with Crippen molar-refractivity contribution in [2.24, 2.45) is 0 Å². The van der Waals surface area contributed by atoms with Crippen LogP contribution < -0.4 is 4.90 Å². The summed E-state index contributed by atoms with van der Waals surface area (Å²) in [6.07, 6.45) is 3.59. The number of aryl methyl sites for hydroxylation is 2. The summed E-state index contributed by atoms with van der Waals surface area (Å²) < 4.78 is 0. The van der Waals surface area contributed by atoms with Crippen LogP contribution in [-0.2, 0) is 0 Å². The van der Waals surface area contributed by atoms with Crippen molar-refractivity contribution in [1.29, 1.82) is 0 Å². The minimum atomic E-state index is -0.877. The van der Waals surface area contributed by atoms with Crippen LogP contribution in [0.15, 0.2) is 6.07 Å². The van der Waals surface area contributed by atoms with Crippen molar-refractivity contribution in [2.75, 3.05) is 25.0 Å². The molecule has 0 aromatic carbocycles. The molecule has 2 aliphatic heterocycles. The molecule has 21 heavy (non-hydrogen) atoms. The van der Waals surface area contributed by atoms with Crippen LogP contribution in [0.4, 0.5) is 5.69 Å². The molecule has 3 heterocycles. The van der Waals surface area contributed by atoms with E-state index in [-0.39, 0.29) is 0 Å². The number of carboxylic acid groups (broad SMARTS) is 1. The fourth-order valence-corrected chi connectivity index (χ4v) is 3.85. The molecule has 0 radical (unpaired) electrons. The zero-order valence-corrected chi connectivity index (χ0v) is 13.0. The second kappa shape index (κ2) is 5.30. The lowest BCUT2D eigenvalue weighted by Crippen LogP contribution is -2.37. The van der Waals surface area contributed by atoms with E-state index >= 15 is 0 Å². The number of pyridine rings is 1. The van der Waals surface area contributed by atoms with Crippen molar-refractivity contribution in [3.63, 3.8) is 0 Å². The van der Waals surface area contributed by atoms with Crippen molar-refractivity contribution >= 4 is 11.7 Å². The van der Waals surface area contributed by atoms with Gasteiger partial charge in [-0.3, -0.25) is 9.88 Å². The molecule has 1 aromatic rings. The third kappa shape index (κ3) is 2.50. The highest BCUT2D eigenvalue weighted by atomic mass is 16.4. The third-order valence-corrected chi connectivity index (χ3v) is 5.01. The quantitative estimate of drug-likeness (QED) is 0.903. The number of hydrogen-bond acceptors (Lipinski definition) is 4. The lowest BCUT2D eigenvalue weighted by atomic mass is 10.1. The second-order valence-corrected chi connectivity index (χ2v) is 6.33. The van der Waals surface area contributed by atoms with E-state index in [1.807, 2.05) is 13.0 Å². The zero-order valence-electron chi connectivity index (χ0n) is 13.0.